The van der Waals surface area contributed by atoms with Gasteiger partial charge >= 0.3 is 0 Å². The molecule has 0 saturated carbocycles. The van der Waals surface area contributed by atoms with Gasteiger partial charge in [-0.15, -0.1) is 0 Å². The Morgan fingerprint density at radius 1 is 0.879 bits per heavy atom. The van der Waals surface area contributed by atoms with Gasteiger partial charge in [0.15, 0.2) is 5.65 Å². The van der Waals surface area contributed by atoms with E-state index in [0.717, 1.165) is 16.7 Å². The molecule has 0 aliphatic carbocycles. The SMILES string of the molecule is C=C(c1ccccc1)c1nc(-c2ccc(O)cc2)cn2c(O)c(Cc3ccc(F)cc3)nc12. The lowest BCUT2D eigenvalue weighted by atomic mass is 10.0. The average Bonchev–Trinajstić information content (AvgIpc) is 3.15. The third kappa shape index (κ3) is 3.94. The van der Waals surface area contributed by atoms with E-state index < -0.39 is 0 Å². The normalized spacial score (nSPS) is 11.1. The molecule has 0 fully saturated rings. The predicted molar refractivity (Wildman–Crippen MR) is 126 cm³/mol. The smallest absolute Gasteiger partial charge is 0.219 e. The zero-order valence-corrected chi connectivity index (χ0v) is 17.6. The molecule has 0 saturated heterocycles. The molecule has 2 N–H and O–H groups in total. The summed E-state index contributed by atoms with van der Waals surface area (Å²) >= 11 is 0. The van der Waals surface area contributed by atoms with E-state index in [2.05, 4.69) is 11.6 Å². The number of phenols is 1. The first-order chi connectivity index (χ1) is 16.0. The minimum absolute atomic E-state index is 0.0149. The van der Waals surface area contributed by atoms with E-state index in [-0.39, 0.29) is 17.4 Å². The highest BCUT2D eigenvalue weighted by atomic mass is 19.1. The van der Waals surface area contributed by atoms with Crippen LogP contribution in [0.1, 0.15) is 22.5 Å². The summed E-state index contributed by atoms with van der Waals surface area (Å²) in [4.78, 5) is 9.51. The number of phenolic OH excluding ortho intramolecular Hbond substituents is 1. The quantitative estimate of drug-likeness (QED) is 0.376. The summed E-state index contributed by atoms with van der Waals surface area (Å²) in [5.74, 6) is -0.179. The maximum Gasteiger partial charge on any atom is 0.219 e. The van der Waals surface area contributed by atoms with Gasteiger partial charge in [-0.2, -0.15) is 0 Å². The van der Waals surface area contributed by atoms with Gasteiger partial charge in [0.25, 0.3) is 0 Å². The van der Waals surface area contributed by atoms with Crippen molar-refractivity contribution in [3.8, 4) is 22.9 Å². The van der Waals surface area contributed by atoms with Crippen LogP contribution in [0.25, 0.3) is 22.5 Å². The largest absolute Gasteiger partial charge is 0.508 e. The number of hydrogen-bond donors (Lipinski definition) is 2. The number of imidazole rings is 1. The van der Waals surface area contributed by atoms with Crippen LogP contribution >= 0.6 is 0 Å². The second-order valence-corrected chi connectivity index (χ2v) is 7.75. The fourth-order valence-corrected chi connectivity index (χ4v) is 3.75. The molecule has 0 radical (unpaired) electrons. The van der Waals surface area contributed by atoms with Crippen molar-refractivity contribution in [2.24, 2.45) is 0 Å². The van der Waals surface area contributed by atoms with Crippen LogP contribution in [-0.4, -0.2) is 24.6 Å². The van der Waals surface area contributed by atoms with Crippen LogP contribution < -0.4 is 0 Å². The van der Waals surface area contributed by atoms with Crippen molar-refractivity contribution in [3.05, 3.63) is 120 Å². The molecule has 2 heterocycles. The Hall–Kier alpha value is -4.45. The molecule has 0 unspecified atom stereocenters. The Bertz CT molecular complexity index is 1460. The maximum atomic E-state index is 13.3. The van der Waals surface area contributed by atoms with Crippen LogP contribution in [0.5, 0.6) is 11.6 Å². The van der Waals surface area contributed by atoms with Crippen LogP contribution in [0.15, 0.2) is 91.6 Å². The molecule has 5 aromatic rings. The summed E-state index contributed by atoms with van der Waals surface area (Å²) in [6, 6.07) is 22.4. The number of fused-ring (bicyclic) bond motifs is 1. The van der Waals surface area contributed by atoms with Gasteiger partial charge in [-0.25, -0.2) is 14.4 Å². The maximum absolute atomic E-state index is 13.3. The fraction of sp³-hybridized carbons (Fsp3) is 0.0370. The highest BCUT2D eigenvalue weighted by Crippen LogP contribution is 2.32. The van der Waals surface area contributed by atoms with Crippen molar-refractivity contribution >= 4 is 11.2 Å². The van der Waals surface area contributed by atoms with Crippen molar-refractivity contribution in [1.82, 2.24) is 14.4 Å². The van der Waals surface area contributed by atoms with Gasteiger partial charge in [0.05, 0.1) is 5.69 Å². The molecule has 3 aromatic carbocycles. The number of hydrogen-bond acceptors (Lipinski definition) is 4. The average molecular weight is 437 g/mol. The number of nitrogens with zero attached hydrogens (tertiary/aromatic N) is 3. The molecule has 0 aliphatic heterocycles. The van der Waals surface area contributed by atoms with Crippen LogP contribution in [0.3, 0.4) is 0 Å². The Morgan fingerprint density at radius 2 is 1.58 bits per heavy atom. The van der Waals surface area contributed by atoms with Crippen LogP contribution in [0.2, 0.25) is 0 Å². The molecule has 0 bridgehead atoms. The van der Waals surface area contributed by atoms with Gasteiger partial charge in [-0.1, -0.05) is 49.0 Å². The molecule has 162 valence electrons. The van der Waals surface area contributed by atoms with E-state index in [9.17, 15) is 14.6 Å². The summed E-state index contributed by atoms with van der Waals surface area (Å²) in [7, 11) is 0. The van der Waals surface area contributed by atoms with Crippen molar-refractivity contribution in [2.45, 2.75) is 6.42 Å². The Labute approximate surface area is 189 Å². The lowest BCUT2D eigenvalue weighted by molar-refractivity contribution is 0.442. The van der Waals surface area contributed by atoms with Crippen LogP contribution in [0, 0.1) is 5.82 Å². The highest BCUT2D eigenvalue weighted by molar-refractivity contribution is 5.84. The number of rotatable bonds is 5. The van der Waals surface area contributed by atoms with E-state index >= 15 is 0 Å². The van der Waals surface area contributed by atoms with Crippen LogP contribution in [0.4, 0.5) is 4.39 Å². The standard InChI is InChI=1S/C27H20FN3O2/c1-17(19-5-3-2-4-6-19)25-26-30-23(15-18-7-11-21(28)12-8-18)27(33)31(26)16-24(29-25)20-9-13-22(32)14-10-20/h2-14,16,32-33H,1,15H2. The van der Waals surface area contributed by atoms with E-state index in [0.29, 0.717) is 34.7 Å². The lowest BCUT2D eigenvalue weighted by Crippen LogP contribution is -2.00. The molecule has 0 spiro atoms. The molecule has 6 heteroatoms. The van der Waals surface area contributed by atoms with E-state index in [4.69, 9.17) is 4.98 Å². The van der Waals surface area contributed by atoms with Crippen molar-refractivity contribution in [3.63, 3.8) is 0 Å². The number of halogens is 1. The first-order valence-electron chi connectivity index (χ1n) is 10.4. The van der Waals surface area contributed by atoms with E-state index in [1.54, 1.807) is 47.0 Å². The summed E-state index contributed by atoms with van der Waals surface area (Å²) in [6.45, 7) is 4.25. The molecular formula is C27H20FN3O2. The third-order valence-corrected chi connectivity index (χ3v) is 5.51. The zero-order chi connectivity index (χ0) is 22.9. The van der Waals surface area contributed by atoms with Gasteiger partial charge in [0, 0.05) is 23.8 Å². The van der Waals surface area contributed by atoms with Gasteiger partial charge in [0.2, 0.25) is 5.88 Å². The lowest BCUT2D eigenvalue weighted by Gasteiger charge is -2.10. The molecule has 0 amide bonds. The summed E-state index contributed by atoms with van der Waals surface area (Å²) < 4.78 is 14.9. The number of benzene rings is 3. The number of aromatic nitrogens is 3. The first-order valence-corrected chi connectivity index (χ1v) is 10.4. The highest BCUT2D eigenvalue weighted by Gasteiger charge is 2.20. The van der Waals surface area contributed by atoms with E-state index in [1.807, 2.05) is 30.3 Å². The van der Waals surface area contributed by atoms with Crippen molar-refractivity contribution in [1.29, 1.82) is 0 Å². The van der Waals surface area contributed by atoms with Crippen molar-refractivity contribution in [2.75, 3.05) is 0 Å². The summed E-state index contributed by atoms with van der Waals surface area (Å²) in [5, 5.41) is 20.7. The predicted octanol–water partition coefficient (Wildman–Crippen LogP) is 5.60. The van der Waals surface area contributed by atoms with Gasteiger partial charge < -0.3 is 10.2 Å². The monoisotopic (exact) mass is 437 g/mol. The van der Waals surface area contributed by atoms with Gasteiger partial charge in [-0.3, -0.25) is 4.40 Å². The van der Waals surface area contributed by atoms with Crippen molar-refractivity contribution < 1.29 is 14.6 Å². The molecule has 33 heavy (non-hydrogen) atoms. The summed E-state index contributed by atoms with van der Waals surface area (Å²) in [6.07, 6.45) is 2.04. The molecule has 2 aromatic heterocycles. The Balaban J connectivity index is 1.68. The Kier molecular flexibility index (Phi) is 5.11. The zero-order valence-electron chi connectivity index (χ0n) is 17.6. The second-order valence-electron chi connectivity index (χ2n) is 7.75. The molecule has 5 rings (SSSR count). The molecule has 0 atom stereocenters. The van der Waals surface area contributed by atoms with E-state index in [1.165, 1.54) is 12.1 Å². The fourth-order valence-electron chi connectivity index (χ4n) is 3.75. The molecule has 0 aliphatic rings. The van der Waals surface area contributed by atoms with Crippen LogP contribution in [-0.2, 0) is 6.42 Å². The third-order valence-electron chi connectivity index (χ3n) is 5.51. The number of aromatic hydroxyl groups is 2. The molecular weight excluding hydrogens is 417 g/mol. The second kappa shape index (κ2) is 8.24. The Morgan fingerprint density at radius 3 is 2.27 bits per heavy atom. The minimum Gasteiger partial charge on any atom is -0.508 e. The topological polar surface area (TPSA) is 70.7 Å². The van der Waals surface area contributed by atoms with Gasteiger partial charge in [-0.05, 0) is 47.5 Å². The van der Waals surface area contributed by atoms with Gasteiger partial charge in [0.1, 0.15) is 23.0 Å². The minimum atomic E-state index is -0.317. The molecule has 5 nitrogen and oxygen atoms in total. The summed E-state index contributed by atoms with van der Waals surface area (Å²) in [5.41, 5.74) is 5.20. The first kappa shape index (κ1) is 20.5.